The molecule has 0 unspecified atom stereocenters. The van der Waals surface area contributed by atoms with Gasteiger partial charge in [0.25, 0.3) is 0 Å². The minimum absolute atomic E-state index is 0.394. The van der Waals surface area contributed by atoms with Gasteiger partial charge in [-0.25, -0.2) is 4.79 Å². The molecule has 0 fully saturated rings. The van der Waals surface area contributed by atoms with Crippen molar-refractivity contribution in [1.82, 2.24) is 4.98 Å². The fourth-order valence-corrected chi connectivity index (χ4v) is 1.59. The Morgan fingerprint density at radius 2 is 2.12 bits per heavy atom. The molecule has 0 saturated carbocycles. The van der Waals surface area contributed by atoms with Gasteiger partial charge in [-0.05, 0) is 30.3 Å². The van der Waals surface area contributed by atoms with Crippen LogP contribution in [0, 0.1) is 0 Å². The number of ether oxygens (including phenoxy) is 1. The average Bonchev–Trinajstić information content (AvgIpc) is 2.30. The lowest BCUT2D eigenvalue weighted by molar-refractivity contribution is 0.0734. The molecular formula is C12H8BrNO2. The number of carbonyl (C=O) groups excluding carboxylic acids is 1. The first kappa shape index (κ1) is 10.8. The zero-order valence-corrected chi connectivity index (χ0v) is 9.85. The van der Waals surface area contributed by atoms with E-state index in [0.29, 0.717) is 11.3 Å². The molecule has 1 aromatic heterocycles. The smallest absolute Gasteiger partial charge is 0.343 e. The van der Waals surface area contributed by atoms with Gasteiger partial charge < -0.3 is 4.74 Å². The van der Waals surface area contributed by atoms with E-state index in [1.54, 1.807) is 36.5 Å². The quantitative estimate of drug-likeness (QED) is 0.792. The molecule has 0 N–H and O–H groups in total. The molecule has 0 spiro atoms. The molecule has 16 heavy (non-hydrogen) atoms. The number of benzene rings is 1. The maximum atomic E-state index is 11.7. The van der Waals surface area contributed by atoms with E-state index in [0.717, 1.165) is 4.47 Å². The first-order valence-electron chi connectivity index (χ1n) is 4.63. The van der Waals surface area contributed by atoms with Gasteiger partial charge in [-0.2, -0.15) is 0 Å². The molecule has 0 amide bonds. The number of esters is 1. The van der Waals surface area contributed by atoms with Gasteiger partial charge in [-0.15, -0.1) is 0 Å². The molecule has 0 saturated heterocycles. The van der Waals surface area contributed by atoms with Crippen LogP contribution >= 0.6 is 15.9 Å². The largest absolute Gasteiger partial charge is 0.421 e. The highest BCUT2D eigenvalue weighted by atomic mass is 79.9. The molecular weight excluding hydrogens is 270 g/mol. The summed E-state index contributed by atoms with van der Waals surface area (Å²) in [6, 6.07) is 10.4. The topological polar surface area (TPSA) is 39.2 Å². The average molecular weight is 278 g/mol. The Labute approximate surface area is 101 Å². The number of carbonyl (C=O) groups is 1. The number of halogens is 1. The highest BCUT2D eigenvalue weighted by molar-refractivity contribution is 9.10. The molecule has 1 aromatic carbocycles. The van der Waals surface area contributed by atoms with Gasteiger partial charge in [0, 0.05) is 10.7 Å². The van der Waals surface area contributed by atoms with E-state index in [-0.39, 0.29) is 0 Å². The van der Waals surface area contributed by atoms with E-state index in [2.05, 4.69) is 20.9 Å². The fourth-order valence-electron chi connectivity index (χ4n) is 1.19. The van der Waals surface area contributed by atoms with Crippen LogP contribution < -0.4 is 4.74 Å². The number of aromatic nitrogens is 1. The number of hydrogen-bond acceptors (Lipinski definition) is 3. The normalized spacial score (nSPS) is 9.81. The molecule has 4 heteroatoms. The van der Waals surface area contributed by atoms with Crippen molar-refractivity contribution in [3.63, 3.8) is 0 Å². The van der Waals surface area contributed by atoms with Crippen LogP contribution in [0.2, 0.25) is 0 Å². The Morgan fingerprint density at radius 3 is 2.81 bits per heavy atom. The van der Waals surface area contributed by atoms with E-state index in [9.17, 15) is 4.79 Å². The van der Waals surface area contributed by atoms with Gasteiger partial charge in [0.15, 0.2) is 0 Å². The SMILES string of the molecule is O=C(Oc1cccnc1)c1cccc(Br)c1. The van der Waals surface area contributed by atoms with Crippen LogP contribution in [0.3, 0.4) is 0 Å². The van der Waals surface area contributed by atoms with Crippen LogP contribution in [0.4, 0.5) is 0 Å². The van der Waals surface area contributed by atoms with Crippen LogP contribution in [0.25, 0.3) is 0 Å². The predicted octanol–water partition coefficient (Wildman–Crippen LogP) is 3.06. The first-order chi connectivity index (χ1) is 7.75. The number of rotatable bonds is 2. The molecule has 1 heterocycles. The van der Waals surface area contributed by atoms with Crippen molar-refractivity contribution in [2.45, 2.75) is 0 Å². The van der Waals surface area contributed by atoms with E-state index in [1.165, 1.54) is 6.20 Å². The van der Waals surface area contributed by atoms with Gasteiger partial charge in [-0.3, -0.25) is 4.98 Å². The second kappa shape index (κ2) is 4.90. The van der Waals surface area contributed by atoms with Crippen molar-refractivity contribution in [3.05, 3.63) is 58.8 Å². The minimum atomic E-state index is -0.394. The second-order valence-electron chi connectivity index (χ2n) is 3.09. The van der Waals surface area contributed by atoms with Gasteiger partial charge in [-0.1, -0.05) is 22.0 Å². The van der Waals surface area contributed by atoms with E-state index < -0.39 is 5.97 Å². The summed E-state index contributed by atoms with van der Waals surface area (Å²) in [6.45, 7) is 0. The van der Waals surface area contributed by atoms with E-state index >= 15 is 0 Å². The highest BCUT2D eigenvalue weighted by Gasteiger charge is 2.08. The first-order valence-corrected chi connectivity index (χ1v) is 5.43. The summed E-state index contributed by atoms with van der Waals surface area (Å²) in [5.74, 6) is 0.0433. The van der Waals surface area contributed by atoms with Gasteiger partial charge in [0.2, 0.25) is 0 Å². The second-order valence-corrected chi connectivity index (χ2v) is 4.00. The Hall–Kier alpha value is -1.68. The molecule has 0 aliphatic heterocycles. The van der Waals surface area contributed by atoms with Crippen molar-refractivity contribution < 1.29 is 9.53 Å². The van der Waals surface area contributed by atoms with Crippen LogP contribution in [-0.2, 0) is 0 Å². The molecule has 0 aliphatic rings. The van der Waals surface area contributed by atoms with Crippen LogP contribution in [0.15, 0.2) is 53.3 Å². The maximum Gasteiger partial charge on any atom is 0.343 e. The molecule has 0 radical (unpaired) electrons. The highest BCUT2D eigenvalue weighted by Crippen LogP contribution is 2.14. The molecule has 0 atom stereocenters. The lowest BCUT2D eigenvalue weighted by Crippen LogP contribution is -2.08. The maximum absolute atomic E-state index is 11.7. The summed E-state index contributed by atoms with van der Waals surface area (Å²) in [7, 11) is 0. The van der Waals surface area contributed by atoms with Gasteiger partial charge in [0.1, 0.15) is 5.75 Å². The Balaban J connectivity index is 2.15. The van der Waals surface area contributed by atoms with Crippen LogP contribution in [-0.4, -0.2) is 11.0 Å². The summed E-state index contributed by atoms with van der Waals surface area (Å²) in [5.41, 5.74) is 0.498. The van der Waals surface area contributed by atoms with Crippen LogP contribution in [0.1, 0.15) is 10.4 Å². The number of pyridine rings is 1. The lowest BCUT2D eigenvalue weighted by Gasteiger charge is -2.03. The van der Waals surface area contributed by atoms with Crippen molar-refractivity contribution in [2.24, 2.45) is 0 Å². The molecule has 3 nitrogen and oxygen atoms in total. The number of nitrogens with zero attached hydrogens (tertiary/aromatic N) is 1. The molecule has 2 rings (SSSR count). The van der Waals surface area contributed by atoms with E-state index in [4.69, 9.17) is 4.74 Å². The standard InChI is InChI=1S/C12H8BrNO2/c13-10-4-1-3-9(7-10)12(15)16-11-5-2-6-14-8-11/h1-8H. The summed E-state index contributed by atoms with van der Waals surface area (Å²) < 4.78 is 5.97. The molecule has 2 aromatic rings. The van der Waals surface area contributed by atoms with Crippen molar-refractivity contribution >= 4 is 21.9 Å². The molecule has 0 aliphatic carbocycles. The van der Waals surface area contributed by atoms with Crippen molar-refractivity contribution in [1.29, 1.82) is 0 Å². The van der Waals surface area contributed by atoms with E-state index in [1.807, 2.05) is 6.07 Å². The van der Waals surface area contributed by atoms with Crippen molar-refractivity contribution in [3.8, 4) is 5.75 Å². The third kappa shape index (κ3) is 2.67. The predicted molar refractivity (Wildman–Crippen MR) is 63.3 cm³/mol. The Bertz CT molecular complexity index is 499. The third-order valence-electron chi connectivity index (χ3n) is 1.91. The summed E-state index contributed by atoms with van der Waals surface area (Å²) in [4.78, 5) is 15.6. The Morgan fingerprint density at radius 1 is 1.25 bits per heavy atom. The monoisotopic (exact) mass is 277 g/mol. The minimum Gasteiger partial charge on any atom is -0.421 e. The summed E-state index contributed by atoms with van der Waals surface area (Å²) in [5, 5.41) is 0. The summed E-state index contributed by atoms with van der Waals surface area (Å²) in [6.07, 6.45) is 3.12. The lowest BCUT2D eigenvalue weighted by atomic mass is 10.2. The fraction of sp³-hybridized carbons (Fsp3) is 0. The summed E-state index contributed by atoms with van der Waals surface area (Å²) >= 11 is 3.30. The van der Waals surface area contributed by atoms with Crippen LogP contribution in [0.5, 0.6) is 5.75 Å². The Kier molecular flexibility index (Phi) is 3.31. The third-order valence-corrected chi connectivity index (χ3v) is 2.40. The molecule has 0 bridgehead atoms. The van der Waals surface area contributed by atoms with Crippen molar-refractivity contribution in [2.75, 3.05) is 0 Å². The zero-order valence-electron chi connectivity index (χ0n) is 8.26. The van der Waals surface area contributed by atoms with Gasteiger partial charge in [0.05, 0.1) is 11.8 Å². The van der Waals surface area contributed by atoms with Gasteiger partial charge >= 0.3 is 5.97 Å². The number of hydrogen-bond donors (Lipinski definition) is 0. The zero-order chi connectivity index (χ0) is 11.4. The molecule has 80 valence electrons.